The van der Waals surface area contributed by atoms with Crippen molar-refractivity contribution in [2.45, 2.75) is 13.5 Å². The van der Waals surface area contributed by atoms with Gasteiger partial charge < -0.3 is 5.32 Å². The van der Waals surface area contributed by atoms with Crippen LogP contribution < -0.4 is 5.32 Å². The van der Waals surface area contributed by atoms with E-state index in [2.05, 4.69) is 10.3 Å². The first kappa shape index (κ1) is 12.2. The molecule has 0 atom stereocenters. The smallest absolute Gasteiger partial charge is 0.0595 e. The van der Waals surface area contributed by atoms with Crippen molar-refractivity contribution in [1.82, 2.24) is 4.98 Å². The highest BCUT2D eigenvalue weighted by Crippen LogP contribution is 2.23. The molecule has 0 aliphatic rings. The molecule has 2 aromatic rings. The summed E-state index contributed by atoms with van der Waals surface area (Å²) in [7, 11) is 0. The molecule has 88 valence electrons. The van der Waals surface area contributed by atoms with Crippen molar-refractivity contribution in [2.75, 3.05) is 5.32 Å². The average Bonchev–Trinajstić information content (AvgIpc) is 2.31. The minimum Gasteiger partial charge on any atom is -0.380 e. The zero-order valence-corrected chi connectivity index (χ0v) is 10.9. The summed E-state index contributed by atoms with van der Waals surface area (Å²) in [5, 5.41) is 4.44. The Morgan fingerprint density at radius 2 is 1.94 bits per heavy atom. The normalized spacial score (nSPS) is 10.3. The van der Waals surface area contributed by atoms with Crippen LogP contribution in [0.25, 0.3) is 0 Å². The Labute approximate surface area is 111 Å². The van der Waals surface area contributed by atoms with E-state index in [0.717, 1.165) is 16.8 Å². The summed E-state index contributed by atoms with van der Waals surface area (Å²) in [5.41, 5.74) is 3.21. The first-order valence-electron chi connectivity index (χ1n) is 5.24. The number of benzene rings is 1. The number of hydrogen-bond acceptors (Lipinski definition) is 2. The molecule has 0 saturated carbocycles. The van der Waals surface area contributed by atoms with E-state index < -0.39 is 0 Å². The third-order valence-corrected chi connectivity index (χ3v) is 3.09. The Bertz CT molecular complexity index is 527. The van der Waals surface area contributed by atoms with Crippen LogP contribution in [0.5, 0.6) is 0 Å². The van der Waals surface area contributed by atoms with Crippen molar-refractivity contribution in [3.63, 3.8) is 0 Å². The maximum atomic E-state index is 5.95. The fourth-order valence-corrected chi connectivity index (χ4v) is 1.83. The number of nitrogens with zero attached hydrogens (tertiary/aromatic N) is 1. The largest absolute Gasteiger partial charge is 0.380 e. The molecular weight excluding hydrogens is 255 g/mol. The second-order valence-electron chi connectivity index (χ2n) is 3.85. The lowest BCUT2D eigenvalue weighted by atomic mass is 10.2. The van der Waals surface area contributed by atoms with Crippen molar-refractivity contribution in [2.24, 2.45) is 0 Å². The van der Waals surface area contributed by atoms with Gasteiger partial charge in [0, 0.05) is 18.9 Å². The van der Waals surface area contributed by atoms with Crippen molar-refractivity contribution in [3.8, 4) is 0 Å². The second-order valence-corrected chi connectivity index (χ2v) is 4.67. The van der Waals surface area contributed by atoms with Crippen LogP contribution in [0, 0.1) is 6.92 Å². The summed E-state index contributed by atoms with van der Waals surface area (Å²) in [4.78, 5) is 4.12. The Kier molecular flexibility index (Phi) is 3.87. The molecule has 0 aliphatic carbocycles. The van der Waals surface area contributed by atoms with E-state index in [4.69, 9.17) is 23.2 Å². The molecule has 0 fully saturated rings. The zero-order valence-electron chi connectivity index (χ0n) is 9.37. The molecule has 0 spiro atoms. The van der Waals surface area contributed by atoms with Crippen LogP contribution >= 0.6 is 23.2 Å². The van der Waals surface area contributed by atoms with Gasteiger partial charge in [-0.2, -0.15) is 0 Å². The van der Waals surface area contributed by atoms with E-state index >= 15 is 0 Å². The summed E-state index contributed by atoms with van der Waals surface area (Å²) in [6.45, 7) is 2.71. The van der Waals surface area contributed by atoms with Crippen LogP contribution in [0.4, 0.5) is 5.69 Å². The first-order chi connectivity index (χ1) is 8.15. The van der Waals surface area contributed by atoms with Crippen molar-refractivity contribution in [1.29, 1.82) is 0 Å². The molecule has 17 heavy (non-hydrogen) atoms. The molecule has 0 aliphatic heterocycles. The lowest BCUT2D eigenvalue weighted by Gasteiger charge is -2.07. The van der Waals surface area contributed by atoms with Crippen LogP contribution in [-0.4, -0.2) is 4.98 Å². The fraction of sp³-hybridized carbons (Fsp3) is 0.154. The van der Waals surface area contributed by atoms with E-state index in [-0.39, 0.29) is 0 Å². The molecule has 1 aromatic heterocycles. The quantitative estimate of drug-likeness (QED) is 0.896. The number of rotatable bonds is 3. The number of anilines is 1. The van der Waals surface area contributed by atoms with Crippen molar-refractivity contribution < 1.29 is 0 Å². The fourth-order valence-electron chi connectivity index (χ4n) is 1.51. The Balaban J connectivity index is 2.05. The highest BCUT2D eigenvalue weighted by Gasteiger charge is 2.00. The van der Waals surface area contributed by atoms with Gasteiger partial charge in [0.1, 0.15) is 0 Å². The highest BCUT2D eigenvalue weighted by atomic mass is 35.5. The number of pyridine rings is 1. The van der Waals surface area contributed by atoms with Gasteiger partial charge in [0.05, 0.1) is 15.7 Å². The lowest BCUT2D eigenvalue weighted by molar-refractivity contribution is 1.13. The van der Waals surface area contributed by atoms with Gasteiger partial charge in [0.25, 0.3) is 0 Å². The molecule has 1 aromatic carbocycles. The van der Waals surface area contributed by atoms with Gasteiger partial charge >= 0.3 is 0 Å². The molecule has 0 amide bonds. The van der Waals surface area contributed by atoms with Gasteiger partial charge in [-0.05, 0) is 36.2 Å². The first-order valence-corrected chi connectivity index (χ1v) is 6.00. The monoisotopic (exact) mass is 266 g/mol. The predicted octanol–water partition coefficient (Wildman–Crippen LogP) is 4.31. The molecule has 4 heteroatoms. The van der Waals surface area contributed by atoms with Crippen LogP contribution in [0.2, 0.25) is 10.0 Å². The Morgan fingerprint density at radius 3 is 2.65 bits per heavy atom. The lowest BCUT2D eigenvalue weighted by Crippen LogP contribution is -2.00. The van der Waals surface area contributed by atoms with E-state index in [0.29, 0.717) is 16.6 Å². The standard InChI is InChI=1S/C13H12Cl2N2/c1-9-4-11(8-16-6-9)17-7-10-2-3-12(14)13(15)5-10/h2-6,8,17H,7H2,1H3. The van der Waals surface area contributed by atoms with E-state index in [1.54, 1.807) is 12.3 Å². The van der Waals surface area contributed by atoms with Crippen molar-refractivity contribution in [3.05, 3.63) is 57.8 Å². The van der Waals surface area contributed by atoms with Crippen LogP contribution in [0.15, 0.2) is 36.7 Å². The molecule has 0 bridgehead atoms. The number of halogens is 2. The average molecular weight is 267 g/mol. The SMILES string of the molecule is Cc1cncc(NCc2ccc(Cl)c(Cl)c2)c1. The maximum absolute atomic E-state index is 5.95. The van der Waals surface area contributed by atoms with Crippen LogP contribution in [0.3, 0.4) is 0 Å². The molecule has 2 rings (SSSR count). The van der Waals surface area contributed by atoms with E-state index in [9.17, 15) is 0 Å². The van der Waals surface area contributed by atoms with Gasteiger partial charge in [-0.3, -0.25) is 4.98 Å². The Morgan fingerprint density at radius 1 is 1.12 bits per heavy atom. The maximum Gasteiger partial charge on any atom is 0.0595 e. The minimum atomic E-state index is 0.577. The summed E-state index contributed by atoms with van der Waals surface area (Å²) < 4.78 is 0. The summed E-state index contributed by atoms with van der Waals surface area (Å²) in [6.07, 6.45) is 3.62. The third kappa shape index (κ3) is 3.35. The minimum absolute atomic E-state index is 0.577. The highest BCUT2D eigenvalue weighted by molar-refractivity contribution is 6.42. The van der Waals surface area contributed by atoms with Crippen molar-refractivity contribution >= 4 is 28.9 Å². The number of aryl methyl sites for hydroxylation is 1. The second kappa shape index (κ2) is 5.39. The molecular formula is C13H12Cl2N2. The summed E-state index contributed by atoms with van der Waals surface area (Å²) >= 11 is 11.8. The topological polar surface area (TPSA) is 24.9 Å². The van der Waals surface area contributed by atoms with E-state index in [1.165, 1.54) is 0 Å². The molecule has 1 heterocycles. The summed E-state index contributed by atoms with van der Waals surface area (Å²) in [6, 6.07) is 7.66. The van der Waals surface area contributed by atoms with E-state index in [1.807, 2.05) is 31.3 Å². The molecule has 0 radical (unpaired) electrons. The Hall–Kier alpha value is -1.25. The predicted molar refractivity (Wildman–Crippen MR) is 72.8 cm³/mol. The number of aromatic nitrogens is 1. The molecule has 0 saturated heterocycles. The van der Waals surface area contributed by atoms with Crippen LogP contribution in [0.1, 0.15) is 11.1 Å². The van der Waals surface area contributed by atoms with Gasteiger partial charge in [0.15, 0.2) is 0 Å². The zero-order chi connectivity index (χ0) is 12.3. The third-order valence-electron chi connectivity index (χ3n) is 2.36. The molecule has 1 N–H and O–H groups in total. The van der Waals surface area contributed by atoms with Gasteiger partial charge in [-0.1, -0.05) is 29.3 Å². The number of hydrogen-bond donors (Lipinski definition) is 1. The molecule has 0 unspecified atom stereocenters. The summed E-state index contributed by atoms with van der Waals surface area (Å²) in [5.74, 6) is 0. The molecule has 2 nitrogen and oxygen atoms in total. The van der Waals surface area contributed by atoms with Crippen LogP contribution in [-0.2, 0) is 6.54 Å². The number of nitrogens with one attached hydrogen (secondary N) is 1. The van der Waals surface area contributed by atoms with Gasteiger partial charge in [-0.25, -0.2) is 0 Å². The van der Waals surface area contributed by atoms with Gasteiger partial charge in [0.2, 0.25) is 0 Å². The van der Waals surface area contributed by atoms with Gasteiger partial charge in [-0.15, -0.1) is 0 Å².